The summed E-state index contributed by atoms with van der Waals surface area (Å²) in [5, 5.41) is 0. The fourth-order valence-electron chi connectivity index (χ4n) is 4.16. The molecule has 3 rings (SSSR count). The third-order valence-corrected chi connectivity index (χ3v) is 5.75. The number of carbonyl (C=O) groups excluding carboxylic acids is 2. The van der Waals surface area contributed by atoms with E-state index in [4.69, 9.17) is 0 Å². The Labute approximate surface area is 173 Å². The van der Waals surface area contributed by atoms with Gasteiger partial charge in [-0.05, 0) is 30.4 Å². The molecule has 0 radical (unpaired) electrons. The van der Waals surface area contributed by atoms with E-state index in [1.165, 1.54) is 6.33 Å². The Morgan fingerprint density at radius 2 is 1.76 bits per heavy atom. The molecule has 0 N–H and O–H groups in total. The van der Waals surface area contributed by atoms with Crippen molar-refractivity contribution in [2.75, 3.05) is 27.2 Å². The first-order valence-electron chi connectivity index (χ1n) is 10.2. The summed E-state index contributed by atoms with van der Waals surface area (Å²) >= 11 is 0. The molecule has 2 heterocycles. The maximum atomic E-state index is 13.2. The van der Waals surface area contributed by atoms with Crippen LogP contribution < -0.4 is 0 Å². The number of hydrogen-bond donors (Lipinski definition) is 0. The SMILES string of the molecule is CC(C)C(=O)N1CCC(Cc2cccc(-c3cncnc3)c2)(C(=O)N(C)C)CC1. The number of rotatable bonds is 5. The van der Waals surface area contributed by atoms with Gasteiger partial charge in [-0.2, -0.15) is 0 Å². The molecule has 1 aromatic heterocycles. The number of benzene rings is 1. The lowest BCUT2D eigenvalue weighted by atomic mass is 9.72. The lowest BCUT2D eigenvalue weighted by Crippen LogP contribution is -2.51. The van der Waals surface area contributed by atoms with Crippen LogP contribution in [0.1, 0.15) is 32.3 Å². The Balaban J connectivity index is 1.84. The van der Waals surface area contributed by atoms with Crippen molar-refractivity contribution in [1.29, 1.82) is 0 Å². The van der Waals surface area contributed by atoms with Crippen LogP contribution in [-0.4, -0.2) is 58.8 Å². The van der Waals surface area contributed by atoms with E-state index in [0.29, 0.717) is 32.4 Å². The van der Waals surface area contributed by atoms with E-state index in [9.17, 15) is 9.59 Å². The highest BCUT2D eigenvalue weighted by molar-refractivity contribution is 5.84. The summed E-state index contributed by atoms with van der Waals surface area (Å²) in [7, 11) is 3.63. The summed E-state index contributed by atoms with van der Waals surface area (Å²) in [5.41, 5.74) is 2.64. The third-order valence-electron chi connectivity index (χ3n) is 5.75. The number of nitrogens with zero attached hydrogens (tertiary/aromatic N) is 4. The Hall–Kier alpha value is -2.76. The van der Waals surface area contributed by atoms with Crippen molar-refractivity contribution in [2.24, 2.45) is 11.3 Å². The van der Waals surface area contributed by atoms with Gasteiger partial charge in [-0.25, -0.2) is 9.97 Å². The first-order chi connectivity index (χ1) is 13.8. The molecule has 2 amide bonds. The zero-order valence-corrected chi connectivity index (χ0v) is 17.8. The maximum Gasteiger partial charge on any atom is 0.228 e. The molecule has 1 aromatic carbocycles. The largest absolute Gasteiger partial charge is 0.348 e. The zero-order valence-electron chi connectivity index (χ0n) is 17.8. The minimum Gasteiger partial charge on any atom is -0.348 e. The topological polar surface area (TPSA) is 66.4 Å². The monoisotopic (exact) mass is 394 g/mol. The first-order valence-corrected chi connectivity index (χ1v) is 10.2. The van der Waals surface area contributed by atoms with Crippen molar-refractivity contribution < 1.29 is 9.59 Å². The Morgan fingerprint density at radius 3 is 2.34 bits per heavy atom. The normalized spacial score (nSPS) is 16.0. The predicted octanol–water partition coefficient (Wildman–Crippen LogP) is 3.04. The van der Waals surface area contributed by atoms with E-state index in [1.54, 1.807) is 17.3 Å². The van der Waals surface area contributed by atoms with E-state index in [0.717, 1.165) is 16.7 Å². The van der Waals surface area contributed by atoms with Gasteiger partial charge < -0.3 is 9.80 Å². The van der Waals surface area contributed by atoms with Gasteiger partial charge in [0.2, 0.25) is 11.8 Å². The molecule has 29 heavy (non-hydrogen) atoms. The molecule has 0 saturated carbocycles. The van der Waals surface area contributed by atoms with Crippen molar-refractivity contribution in [3.63, 3.8) is 0 Å². The molecule has 154 valence electrons. The van der Waals surface area contributed by atoms with Crippen LogP contribution in [0, 0.1) is 11.3 Å². The second-order valence-corrected chi connectivity index (χ2v) is 8.46. The second-order valence-electron chi connectivity index (χ2n) is 8.46. The number of aromatic nitrogens is 2. The van der Waals surface area contributed by atoms with Gasteiger partial charge in [-0.3, -0.25) is 9.59 Å². The molecule has 0 bridgehead atoms. The molecule has 0 aliphatic carbocycles. The van der Waals surface area contributed by atoms with Crippen molar-refractivity contribution in [3.05, 3.63) is 48.5 Å². The fraction of sp³-hybridized carbons (Fsp3) is 0.478. The van der Waals surface area contributed by atoms with Crippen molar-refractivity contribution in [1.82, 2.24) is 19.8 Å². The van der Waals surface area contributed by atoms with Crippen LogP contribution >= 0.6 is 0 Å². The molecule has 0 spiro atoms. The highest BCUT2D eigenvalue weighted by Crippen LogP contribution is 2.38. The maximum absolute atomic E-state index is 13.2. The van der Waals surface area contributed by atoms with E-state index in [1.807, 2.05) is 45.0 Å². The highest BCUT2D eigenvalue weighted by Gasteiger charge is 2.43. The quantitative estimate of drug-likeness (QED) is 0.782. The van der Waals surface area contributed by atoms with Gasteiger partial charge >= 0.3 is 0 Å². The van der Waals surface area contributed by atoms with Crippen LogP contribution in [0.15, 0.2) is 43.0 Å². The van der Waals surface area contributed by atoms with Gasteiger partial charge in [0.1, 0.15) is 6.33 Å². The number of amides is 2. The molecule has 1 fully saturated rings. The summed E-state index contributed by atoms with van der Waals surface area (Å²) in [4.78, 5) is 37.4. The van der Waals surface area contributed by atoms with E-state index < -0.39 is 5.41 Å². The van der Waals surface area contributed by atoms with Gasteiger partial charge in [-0.1, -0.05) is 38.1 Å². The smallest absolute Gasteiger partial charge is 0.228 e. The minimum absolute atomic E-state index is 0.0168. The molecular formula is C23H30N4O2. The van der Waals surface area contributed by atoms with Crippen LogP contribution in [0.5, 0.6) is 0 Å². The lowest BCUT2D eigenvalue weighted by molar-refractivity contribution is -0.147. The summed E-state index contributed by atoms with van der Waals surface area (Å²) in [6.45, 7) is 5.10. The average molecular weight is 395 g/mol. The standard InChI is InChI=1S/C23H30N4O2/c1-17(2)21(28)27-10-8-23(9-11-27,22(29)26(3)4)13-18-6-5-7-19(12-18)20-14-24-16-25-15-20/h5-7,12,14-17H,8-11,13H2,1-4H3. The molecule has 0 unspecified atom stereocenters. The number of likely N-dealkylation sites (tertiary alicyclic amines) is 1. The fourth-order valence-corrected chi connectivity index (χ4v) is 4.16. The van der Waals surface area contributed by atoms with Crippen molar-refractivity contribution >= 4 is 11.8 Å². The number of hydrogen-bond acceptors (Lipinski definition) is 4. The molecule has 1 aliphatic heterocycles. The van der Waals surface area contributed by atoms with Gasteiger partial charge in [-0.15, -0.1) is 0 Å². The average Bonchev–Trinajstić information content (AvgIpc) is 2.74. The number of carbonyl (C=O) groups is 2. The second kappa shape index (κ2) is 8.72. The summed E-state index contributed by atoms with van der Waals surface area (Å²) in [6, 6.07) is 8.24. The van der Waals surface area contributed by atoms with Crippen LogP contribution in [-0.2, 0) is 16.0 Å². The van der Waals surface area contributed by atoms with Crippen molar-refractivity contribution in [2.45, 2.75) is 33.1 Å². The summed E-state index contributed by atoms with van der Waals surface area (Å²) in [6.07, 6.45) is 7.13. The zero-order chi connectivity index (χ0) is 21.0. The van der Waals surface area contributed by atoms with Crippen molar-refractivity contribution in [3.8, 4) is 11.1 Å². The highest BCUT2D eigenvalue weighted by atomic mass is 16.2. The molecule has 0 atom stereocenters. The number of piperidine rings is 1. The van der Waals surface area contributed by atoms with Crippen LogP contribution in [0.25, 0.3) is 11.1 Å². The summed E-state index contributed by atoms with van der Waals surface area (Å²) < 4.78 is 0. The van der Waals surface area contributed by atoms with E-state index in [2.05, 4.69) is 22.1 Å². The molecule has 6 nitrogen and oxygen atoms in total. The Kier molecular flexibility index (Phi) is 6.30. The van der Waals surface area contributed by atoms with E-state index >= 15 is 0 Å². The van der Waals surface area contributed by atoms with Gasteiger partial charge in [0.25, 0.3) is 0 Å². The first kappa shape index (κ1) is 21.0. The molecular weight excluding hydrogens is 364 g/mol. The lowest BCUT2D eigenvalue weighted by Gasteiger charge is -2.42. The summed E-state index contributed by atoms with van der Waals surface area (Å²) in [5.74, 6) is 0.293. The molecule has 1 saturated heterocycles. The van der Waals surface area contributed by atoms with Crippen LogP contribution in [0.3, 0.4) is 0 Å². The van der Waals surface area contributed by atoms with Gasteiger partial charge in [0.05, 0.1) is 5.41 Å². The minimum atomic E-state index is -0.483. The molecule has 1 aliphatic rings. The van der Waals surface area contributed by atoms with E-state index in [-0.39, 0.29) is 17.7 Å². The van der Waals surface area contributed by atoms with Gasteiger partial charge in [0.15, 0.2) is 0 Å². The van der Waals surface area contributed by atoms with Crippen LogP contribution in [0.4, 0.5) is 0 Å². The van der Waals surface area contributed by atoms with Crippen LogP contribution in [0.2, 0.25) is 0 Å². The molecule has 6 heteroatoms. The Morgan fingerprint density at radius 1 is 1.10 bits per heavy atom. The third kappa shape index (κ3) is 4.63. The molecule has 2 aromatic rings. The van der Waals surface area contributed by atoms with Gasteiger partial charge in [0, 0.05) is 51.1 Å². The predicted molar refractivity (Wildman–Crippen MR) is 113 cm³/mol. The Bertz CT molecular complexity index is 856.